The number of anilines is 1. The van der Waals surface area contributed by atoms with Gasteiger partial charge in [0.2, 0.25) is 5.91 Å². The highest BCUT2D eigenvalue weighted by atomic mass is 32.2. The lowest BCUT2D eigenvalue weighted by atomic mass is 9.99. The molecule has 0 bridgehead atoms. The van der Waals surface area contributed by atoms with Crippen LogP contribution in [0.1, 0.15) is 29.5 Å². The summed E-state index contributed by atoms with van der Waals surface area (Å²) in [6.07, 6.45) is 2.72. The summed E-state index contributed by atoms with van der Waals surface area (Å²) >= 11 is 0. The molecule has 27 heavy (non-hydrogen) atoms. The van der Waals surface area contributed by atoms with E-state index in [1.807, 2.05) is 11.0 Å². The molecule has 1 N–H and O–H groups in total. The Morgan fingerprint density at radius 3 is 2.63 bits per heavy atom. The minimum atomic E-state index is -3.82. The van der Waals surface area contributed by atoms with Crippen molar-refractivity contribution < 1.29 is 17.6 Å². The van der Waals surface area contributed by atoms with Crippen molar-refractivity contribution in [1.82, 2.24) is 4.90 Å². The number of nitrogens with zero attached hydrogens (tertiary/aromatic N) is 1. The highest BCUT2D eigenvalue weighted by Crippen LogP contribution is 2.33. The lowest BCUT2D eigenvalue weighted by Crippen LogP contribution is -2.36. The lowest BCUT2D eigenvalue weighted by Gasteiger charge is -2.29. The molecule has 1 fully saturated rings. The molecule has 0 saturated heterocycles. The summed E-state index contributed by atoms with van der Waals surface area (Å²) in [4.78, 5) is 14.2. The van der Waals surface area contributed by atoms with Crippen molar-refractivity contribution in [1.29, 1.82) is 0 Å². The van der Waals surface area contributed by atoms with Crippen LogP contribution in [0.4, 0.5) is 10.1 Å². The number of halogens is 1. The number of aryl methyl sites for hydroxylation is 1. The molecule has 1 aliphatic heterocycles. The predicted molar refractivity (Wildman–Crippen MR) is 100 cm³/mol. The summed E-state index contributed by atoms with van der Waals surface area (Å²) < 4.78 is 41.2. The molecule has 1 amide bonds. The van der Waals surface area contributed by atoms with E-state index >= 15 is 0 Å². The predicted octanol–water partition coefficient (Wildman–Crippen LogP) is 3.23. The van der Waals surface area contributed by atoms with Crippen molar-refractivity contribution in [2.24, 2.45) is 5.92 Å². The van der Waals surface area contributed by atoms with Crippen molar-refractivity contribution in [3.05, 3.63) is 58.9 Å². The maximum Gasteiger partial charge on any atom is 0.262 e. The van der Waals surface area contributed by atoms with E-state index in [0.29, 0.717) is 24.3 Å². The SMILES string of the molecule is Cc1cc(F)ccc1S(=O)(=O)Nc1ccc2c(c1)CN(C(=O)C1CC1)CC2. The Labute approximate surface area is 158 Å². The highest BCUT2D eigenvalue weighted by Gasteiger charge is 2.34. The second-order valence-electron chi connectivity index (χ2n) is 7.28. The number of fused-ring (bicyclic) bond motifs is 1. The van der Waals surface area contributed by atoms with Gasteiger partial charge in [-0.05, 0) is 73.2 Å². The van der Waals surface area contributed by atoms with Crippen LogP contribution in [0.15, 0.2) is 41.3 Å². The quantitative estimate of drug-likeness (QED) is 0.875. The third kappa shape index (κ3) is 3.69. The molecule has 0 radical (unpaired) electrons. The lowest BCUT2D eigenvalue weighted by molar-refractivity contribution is -0.133. The molecule has 0 aromatic heterocycles. The van der Waals surface area contributed by atoms with Gasteiger partial charge in [-0.15, -0.1) is 0 Å². The molecule has 1 aliphatic carbocycles. The third-order valence-electron chi connectivity index (χ3n) is 5.14. The highest BCUT2D eigenvalue weighted by molar-refractivity contribution is 7.92. The van der Waals surface area contributed by atoms with Crippen molar-refractivity contribution in [3.63, 3.8) is 0 Å². The number of amides is 1. The fraction of sp³-hybridized carbons (Fsp3) is 0.350. The van der Waals surface area contributed by atoms with Gasteiger partial charge in [0.25, 0.3) is 10.0 Å². The third-order valence-corrected chi connectivity index (χ3v) is 6.68. The van der Waals surface area contributed by atoms with E-state index in [9.17, 15) is 17.6 Å². The van der Waals surface area contributed by atoms with E-state index in [1.165, 1.54) is 12.1 Å². The van der Waals surface area contributed by atoms with E-state index in [1.54, 1.807) is 19.1 Å². The summed E-state index contributed by atoms with van der Waals surface area (Å²) in [5.74, 6) is -0.0936. The van der Waals surface area contributed by atoms with Crippen molar-refractivity contribution in [2.45, 2.75) is 37.6 Å². The zero-order chi connectivity index (χ0) is 19.2. The van der Waals surface area contributed by atoms with Gasteiger partial charge in [-0.1, -0.05) is 6.07 Å². The molecule has 2 aromatic rings. The minimum Gasteiger partial charge on any atom is -0.338 e. The minimum absolute atomic E-state index is 0.0483. The van der Waals surface area contributed by atoms with Gasteiger partial charge in [0.15, 0.2) is 0 Å². The molecule has 0 unspecified atom stereocenters. The summed E-state index contributed by atoms with van der Waals surface area (Å²) in [5.41, 5.74) is 2.89. The zero-order valence-electron chi connectivity index (χ0n) is 15.0. The second-order valence-corrected chi connectivity index (χ2v) is 8.93. The average molecular weight is 388 g/mol. The Bertz CT molecular complexity index is 1020. The number of hydrogen-bond acceptors (Lipinski definition) is 3. The Hall–Kier alpha value is -2.41. The number of carbonyl (C=O) groups excluding carboxylic acids is 1. The van der Waals surface area contributed by atoms with Gasteiger partial charge in [-0.25, -0.2) is 12.8 Å². The van der Waals surface area contributed by atoms with Crippen LogP contribution in [-0.4, -0.2) is 25.8 Å². The Morgan fingerprint density at radius 1 is 1.15 bits per heavy atom. The van der Waals surface area contributed by atoms with E-state index in [2.05, 4.69) is 4.72 Å². The topological polar surface area (TPSA) is 66.5 Å². The number of carbonyl (C=O) groups is 1. The van der Waals surface area contributed by atoms with Gasteiger partial charge in [-0.2, -0.15) is 0 Å². The number of rotatable bonds is 4. The van der Waals surface area contributed by atoms with Gasteiger partial charge in [0, 0.05) is 24.7 Å². The number of nitrogens with one attached hydrogen (secondary N) is 1. The Morgan fingerprint density at radius 2 is 1.93 bits per heavy atom. The average Bonchev–Trinajstić information content (AvgIpc) is 3.45. The molecular formula is C20H21FN2O3S. The fourth-order valence-electron chi connectivity index (χ4n) is 3.52. The largest absolute Gasteiger partial charge is 0.338 e. The van der Waals surface area contributed by atoms with Crippen LogP contribution in [0.25, 0.3) is 0 Å². The summed E-state index contributed by atoms with van der Waals surface area (Å²) in [7, 11) is -3.82. The number of hydrogen-bond donors (Lipinski definition) is 1. The van der Waals surface area contributed by atoms with E-state index in [0.717, 1.165) is 36.5 Å². The molecular weight excluding hydrogens is 367 g/mol. The molecule has 5 nitrogen and oxygen atoms in total. The van der Waals surface area contributed by atoms with Crippen LogP contribution in [0.5, 0.6) is 0 Å². The van der Waals surface area contributed by atoms with Crippen molar-refractivity contribution in [3.8, 4) is 0 Å². The van der Waals surface area contributed by atoms with Crippen LogP contribution in [0, 0.1) is 18.7 Å². The summed E-state index contributed by atoms with van der Waals surface area (Å²) in [6.45, 7) is 2.78. The fourth-order valence-corrected chi connectivity index (χ4v) is 4.80. The molecule has 4 rings (SSSR count). The van der Waals surface area contributed by atoms with E-state index < -0.39 is 15.8 Å². The standard InChI is InChI=1S/C20H21FN2O3S/c1-13-10-17(21)5-7-19(13)27(25,26)22-18-6-4-14-8-9-23(12-16(14)11-18)20(24)15-2-3-15/h4-7,10-11,15,22H,2-3,8-9,12H2,1H3. The Balaban J connectivity index is 1.56. The van der Waals surface area contributed by atoms with Crippen LogP contribution in [0.2, 0.25) is 0 Å². The molecule has 1 saturated carbocycles. The first kappa shape index (κ1) is 18.0. The van der Waals surface area contributed by atoms with Crippen LogP contribution < -0.4 is 4.72 Å². The normalized spacial score (nSPS) is 16.7. The van der Waals surface area contributed by atoms with Crippen LogP contribution in [0.3, 0.4) is 0 Å². The van der Waals surface area contributed by atoms with Gasteiger partial charge >= 0.3 is 0 Å². The maximum absolute atomic E-state index is 13.3. The smallest absolute Gasteiger partial charge is 0.262 e. The van der Waals surface area contributed by atoms with Crippen molar-refractivity contribution >= 4 is 21.6 Å². The van der Waals surface area contributed by atoms with E-state index in [4.69, 9.17) is 0 Å². The molecule has 7 heteroatoms. The van der Waals surface area contributed by atoms with Gasteiger partial charge in [0.05, 0.1) is 4.90 Å². The molecule has 2 aromatic carbocycles. The van der Waals surface area contributed by atoms with Crippen LogP contribution in [-0.2, 0) is 27.8 Å². The molecule has 142 valence electrons. The van der Waals surface area contributed by atoms with E-state index in [-0.39, 0.29) is 16.7 Å². The van der Waals surface area contributed by atoms with Gasteiger partial charge in [-0.3, -0.25) is 9.52 Å². The number of sulfonamides is 1. The van der Waals surface area contributed by atoms with Crippen molar-refractivity contribution in [2.75, 3.05) is 11.3 Å². The molecule has 1 heterocycles. The maximum atomic E-state index is 13.3. The molecule has 0 spiro atoms. The first-order valence-electron chi connectivity index (χ1n) is 9.03. The van der Waals surface area contributed by atoms with Gasteiger partial charge < -0.3 is 4.90 Å². The monoisotopic (exact) mass is 388 g/mol. The summed E-state index contributed by atoms with van der Waals surface area (Å²) in [6, 6.07) is 9.02. The first-order chi connectivity index (χ1) is 12.8. The zero-order valence-corrected chi connectivity index (χ0v) is 15.9. The number of benzene rings is 2. The first-order valence-corrected chi connectivity index (χ1v) is 10.5. The van der Waals surface area contributed by atoms with Crippen LogP contribution >= 0.6 is 0 Å². The molecule has 2 aliphatic rings. The second kappa shape index (κ2) is 6.64. The summed E-state index contributed by atoms with van der Waals surface area (Å²) in [5, 5.41) is 0. The molecule has 0 atom stereocenters. The Kier molecular flexibility index (Phi) is 4.42. The van der Waals surface area contributed by atoms with Gasteiger partial charge in [0.1, 0.15) is 5.82 Å².